The van der Waals surface area contributed by atoms with E-state index >= 15 is 0 Å². The Morgan fingerprint density at radius 1 is 1.40 bits per heavy atom. The van der Waals surface area contributed by atoms with Crippen LogP contribution in [0.1, 0.15) is 12.8 Å². The first-order chi connectivity index (χ1) is 9.72. The predicted octanol–water partition coefficient (Wildman–Crippen LogP) is 3.17. The smallest absolute Gasteiger partial charge is 0.133 e. The topological polar surface area (TPSA) is 24.5 Å². The van der Waals surface area contributed by atoms with E-state index in [0.29, 0.717) is 0 Å². The number of rotatable bonds is 4. The SMILES string of the molecule is Clc1ccc(OCCN2CCC3NCCC3C2)c(Br)c1. The number of hydrogen-bond acceptors (Lipinski definition) is 3. The highest BCUT2D eigenvalue weighted by Gasteiger charge is 2.32. The van der Waals surface area contributed by atoms with Gasteiger partial charge in [-0.3, -0.25) is 4.90 Å². The molecule has 2 saturated heterocycles. The first-order valence-electron chi connectivity index (χ1n) is 7.26. The van der Waals surface area contributed by atoms with Crippen molar-refractivity contribution >= 4 is 27.5 Å². The van der Waals surface area contributed by atoms with Crippen LogP contribution >= 0.6 is 27.5 Å². The number of hydrogen-bond donors (Lipinski definition) is 1. The molecule has 2 atom stereocenters. The molecule has 2 heterocycles. The molecule has 0 aliphatic carbocycles. The highest BCUT2D eigenvalue weighted by atomic mass is 79.9. The third kappa shape index (κ3) is 3.48. The summed E-state index contributed by atoms with van der Waals surface area (Å²) in [7, 11) is 0. The van der Waals surface area contributed by atoms with Gasteiger partial charge in [0.25, 0.3) is 0 Å². The molecule has 1 N–H and O–H groups in total. The van der Waals surface area contributed by atoms with Gasteiger partial charge < -0.3 is 10.1 Å². The van der Waals surface area contributed by atoms with Crippen LogP contribution in [0.5, 0.6) is 5.75 Å². The van der Waals surface area contributed by atoms with Crippen LogP contribution in [0.3, 0.4) is 0 Å². The number of nitrogens with one attached hydrogen (secondary N) is 1. The fraction of sp³-hybridized carbons (Fsp3) is 0.600. The summed E-state index contributed by atoms with van der Waals surface area (Å²) in [6.45, 7) is 5.31. The largest absolute Gasteiger partial charge is 0.491 e. The summed E-state index contributed by atoms with van der Waals surface area (Å²) in [6.07, 6.45) is 2.60. The molecule has 2 fully saturated rings. The molecule has 2 unspecified atom stereocenters. The van der Waals surface area contributed by atoms with Crippen LogP contribution in [0, 0.1) is 5.92 Å². The molecule has 110 valence electrons. The Bertz CT molecular complexity index is 471. The van der Waals surface area contributed by atoms with Crippen LogP contribution in [0.25, 0.3) is 0 Å². The third-order valence-electron chi connectivity index (χ3n) is 4.30. The van der Waals surface area contributed by atoms with Crippen LogP contribution in [-0.2, 0) is 0 Å². The lowest BCUT2D eigenvalue weighted by molar-refractivity contribution is 0.138. The Labute approximate surface area is 133 Å². The average Bonchev–Trinajstić information content (AvgIpc) is 2.89. The Morgan fingerprint density at radius 3 is 3.15 bits per heavy atom. The van der Waals surface area contributed by atoms with Gasteiger partial charge in [0, 0.05) is 24.2 Å². The van der Waals surface area contributed by atoms with Gasteiger partial charge in [-0.05, 0) is 66.0 Å². The molecule has 0 aromatic heterocycles. The number of piperidine rings is 1. The Morgan fingerprint density at radius 2 is 2.30 bits per heavy atom. The van der Waals surface area contributed by atoms with Crippen molar-refractivity contribution in [3.05, 3.63) is 27.7 Å². The zero-order valence-electron chi connectivity index (χ0n) is 11.4. The van der Waals surface area contributed by atoms with Gasteiger partial charge in [0.15, 0.2) is 0 Å². The molecule has 0 radical (unpaired) electrons. The van der Waals surface area contributed by atoms with Crippen molar-refractivity contribution in [2.75, 3.05) is 32.8 Å². The maximum Gasteiger partial charge on any atom is 0.133 e. The molecule has 1 aromatic carbocycles. The maximum absolute atomic E-state index is 5.92. The van der Waals surface area contributed by atoms with Gasteiger partial charge >= 0.3 is 0 Å². The fourth-order valence-electron chi connectivity index (χ4n) is 3.20. The lowest BCUT2D eigenvalue weighted by Gasteiger charge is -2.34. The minimum Gasteiger partial charge on any atom is -0.491 e. The number of fused-ring (bicyclic) bond motifs is 1. The van der Waals surface area contributed by atoms with Crippen molar-refractivity contribution in [2.45, 2.75) is 18.9 Å². The molecule has 2 aliphatic heterocycles. The standard InChI is InChI=1S/C15H20BrClN2O/c16-13-9-12(17)1-2-15(13)20-8-7-19-6-4-14-11(10-19)3-5-18-14/h1-2,9,11,14,18H,3-8,10H2. The van der Waals surface area contributed by atoms with Gasteiger partial charge in [0.1, 0.15) is 12.4 Å². The molecule has 0 saturated carbocycles. The van der Waals surface area contributed by atoms with E-state index in [2.05, 4.69) is 26.1 Å². The van der Waals surface area contributed by atoms with E-state index in [1.807, 2.05) is 18.2 Å². The zero-order chi connectivity index (χ0) is 13.9. The summed E-state index contributed by atoms with van der Waals surface area (Å²) in [5, 5.41) is 4.32. The van der Waals surface area contributed by atoms with E-state index in [-0.39, 0.29) is 0 Å². The summed E-state index contributed by atoms with van der Waals surface area (Å²) in [5.41, 5.74) is 0. The van der Waals surface area contributed by atoms with Crippen molar-refractivity contribution in [2.24, 2.45) is 5.92 Å². The van der Waals surface area contributed by atoms with E-state index in [9.17, 15) is 0 Å². The molecule has 3 nitrogen and oxygen atoms in total. The van der Waals surface area contributed by atoms with Crippen LogP contribution in [0.2, 0.25) is 5.02 Å². The minimum absolute atomic E-state index is 0.722. The third-order valence-corrected chi connectivity index (χ3v) is 5.15. The molecule has 5 heteroatoms. The van der Waals surface area contributed by atoms with Gasteiger partial charge in [0.05, 0.1) is 4.47 Å². The van der Waals surface area contributed by atoms with Crippen LogP contribution in [-0.4, -0.2) is 43.7 Å². The summed E-state index contributed by atoms with van der Waals surface area (Å²) < 4.78 is 6.76. The Hall–Kier alpha value is -0.290. The molecule has 3 rings (SSSR count). The Kier molecular flexibility index (Phi) is 4.87. The summed E-state index contributed by atoms with van der Waals surface area (Å²) in [5.74, 6) is 1.71. The van der Waals surface area contributed by atoms with Gasteiger partial charge in [0.2, 0.25) is 0 Å². The highest BCUT2D eigenvalue weighted by molar-refractivity contribution is 9.10. The number of likely N-dealkylation sites (tertiary alicyclic amines) is 1. The van der Waals surface area contributed by atoms with Gasteiger partial charge in [-0.25, -0.2) is 0 Å². The number of nitrogens with zero attached hydrogens (tertiary/aromatic N) is 1. The highest BCUT2D eigenvalue weighted by Crippen LogP contribution is 2.28. The number of ether oxygens (including phenoxy) is 1. The lowest BCUT2D eigenvalue weighted by atomic mass is 9.93. The predicted molar refractivity (Wildman–Crippen MR) is 85.6 cm³/mol. The quantitative estimate of drug-likeness (QED) is 0.893. The summed E-state index contributed by atoms with van der Waals surface area (Å²) >= 11 is 9.40. The summed E-state index contributed by atoms with van der Waals surface area (Å²) in [4.78, 5) is 2.53. The first kappa shape index (κ1) is 14.6. The lowest BCUT2D eigenvalue weighted by Crippen LogP contribution is -2.45. The van der Waals surface area contributed by atoms with E-state index in [4.69, 9.17) is 16.3 Å². The molecule has 2 aliphatic rings. The molecule has 0 bridgehead atoms. The molecular weight excluding hydrogens is 340 g/mol. The van der Waals surface area contributed by atoms with Gasteiger partial charge in [-0.1, -0.05) is 11.6 Å². The van der Waals surface area contributed by atoms with Crippen molar-refractivity contribution in [1.82, 2.24) is 10.2 Å². The second-order valence-corrected chi connectivity index (χ2v) is 6.91. The first-order valence-corrected chi connectivity index (χ1v) is 8.43. The van der Waals surface area contributed by atoms with Crippen LogP contribution < -0.4 is 10.1 Å². The Balaban J connectivity index is 1.45. The molecular formula is C15H20BrClN2O. The minimum atomic E-state index is 0.722. The van der Waals surface area contributed by atoms with E-state index in [1.54, 1.807) is 0 Å². The molecule has 20 heavy (non-hydrogen) atoms. The van der Waals surface area contributed by atoms with E-state index < -0.39 is 0 Å². The van der Waals surface area contributed by atoms with Crippen molar-refractivity contribution in [3.8, 4) is 5.75 Å². The normalized spacial score (nSPS) is 26.5. The van der Waals surface area contributed by atoms with Crippen molar-refractivity contribution < 1.29 is 4.74 Å². The van der Waals surface area contributed by atoms with Gasteiger partial charge in [-0.2, -0.15) is 0 Å². The molecule has 1 aromatic rings. The second kappa shape index (κ2) is 6.65. The fourth-order valence-corrected chi connectivity index (χ4v) is 4.00. The second-order valence-electron chi connectivity index (χ2n) is 5.62. The zero-order valence-corrected chi connectivity index (χ0v) is 13.8. The van der Waals surface area contributed by atoms with Crippen LogP contribution in [0.4, 0.5) is 0 Å². The van der Waals surface area contributed by atoms with Crippen molar-refractivity contribution in [3.63, 3.8) is 0 Å². The average molecular weight is 360 g/mol. The monoisotopic (exact) mass is 358 g/mol. The van der Waals surface area contributed by atoms with Crippen molar-refractivity contribution in [1.29, 1.82) is 0 Å². The maximum atomic E-state index is 5.92. The molecule has 0 spiro atoms. The summed E-state index contributed by atoms with van der Waals surface area (Å²) in [6, 6.07) is 6.40. The molecule has 0 amide bonds. The van der Waals surface area contributed by atoms with E-state index in [1.165, 1.54) is 32.5 Å². The number of halogens is 2. The van der Waals surface area contributed by atoms with Crippen LogP contribution in [0.15, 0.2) is 22.7 Å². The van der Waals surface area contributed by atoms with E-state index in [0.717, 1.165) is 40.4 Å². The van der Waals surface area contributed by atoms with Gasteiger partial charge in [-0.15, -0.1) is 0 Å². The number of benzene rings is 1.